The van der Waals surface area contributed by atoms with Crippen molar-refractivity contribution < 1.29 is 4.74 Å². The molecule has 2 heteroatoms. The molecular formula is C22H31NO. The molecule has 0 fully saturated rings. The number of rotatable bonds is 10. The lowest BCUT2D eigenvalue weighted by Gasteiger charge is -2.13. The Morgan fingerprint density at radius 2 is 1.92 bits per heavy atom. The maximum Gasteiger partial charge on any atom is 0.128 e. The number of nitrogens with zero attached hydrogens (tertiary/aromatic N) is 1. The number of hydrogen-bond acceptors (Lipinski definition) is 2. The van der Waals surface area contributed by atoms with Gasteiger partial charge in [0.05, 0.1) is 12.3 Å². The van der Waals surface area contributed by atoms with Gasteiger partial charge in [-0.1, -0.05) is 45.7 Å². The number of aryl methyl sites for hydroxylation is 1. The Morgan fingerprint density at radius 1 is 1.08 bits per heavy atom. The first-order valence-corrected chi connectivity index (χ1v) is 9.41. The van der Waals surface area contributed by atoms with Gasteiger partial charge < -0.3 is 4.74 Å². The van der Waals surface area contributed by atoms with E-state index in [4.69, 9.17) is 4.74 Å². The zero-order chi connectivity index (χ0) is 17.2. The van der Waals surface area contributed by atoms with Crippen molar-refractivity contribution in [1.29, 1.82) is 0 Å². The van der Waals surface area contributed by atoms with Gasteiger partial charge in [-0.25, -0.2) is 0 Å². The fraction of sp³-hybridized carbons (Fsp3) is 0.500. The molecule has 0 aliphatic carbocycles. The van der Waals surface area contributed by atoms with Crippen LogP contribution in [0.15, 0.2) is 42.6 Å². The van der Waals surface area contributed by atoms with Crippen LogP contribution in [0.5, 0.6) is 5.75 Å². The van der Waals surface area contributed by atoms with E-state index in [0.29, 0.717) is 0 Å². The molecule has 0 aliphatic heterocycles. The fourth-order valence-corrected chi connectivity index (χ4v) is 2.78. The highest BCUT2D eigenvalue weighted by Gasteiger charge is 2.08. The highest BCUT2D eigenvalue weighted by atomic mass is 16.5. The Balaban J connectivity index is 2.05. The van der Waals surface area contributed by atoms with Crippen LogP contribution >= 0.6 is 0 Å². The third-order valence-electron chi connectivity index (χ3n) is 4.60. The van der Waals surface area contributed by atoms with E-state index in [1.165, 1.54) is 31.2 Å². The van der Waals surface area contributed by atoms with Crippen molar-refractivity contribution in [2.75, 3.05) is 6.61 Å². The number of pyridine rings is 1. The molecule has 1 aromatic heterocycles. The van der Waals surface area contributed by atoms with Gasteiger partial charge in [-0.3, -0.25) is 4.98 Å². The Hall–Kier alpha value is -1.83. The van der Waals surface area contributed by atoms with Crippen molar-refractivity contribution in [3.05, 3.63) is 48.2 Å². The second kappa shape index (κ2) is 10.1. The van der Waals surface area contributed by atoms with E-state index in [1.54, 1.807) is 0 Å². The predicted octanol–water partition coefficient (Wildman–Crippen LogP) is 6.30. The molecule has 130 valence electrons. The normalized spacial score (nSPS) is 12.1. The van der Waals surface area contributed by atoms with Crippen molar-refractivity contribution >= 4 is 0 Å². The van der Waals surface area contributed by atoms with Crippen LogP contribution in [0.25, 0.3) is 11.3 Å². The zero-order valence-electron chi connectivity index (χ0n) is 15.4. The second-order valence-corrected chi connectivity index (χ2v) is 6.65. The Bertz CT molecular complexity index is 608. The van der Waals surface area contributed by atoms with Gasteiger partial charge in [-0.05, 0) is 61.4 Å². The molecule has 24 heavy (non-hydrogen) atoms. The van der Waals surface area contributed by atoms with E-state index < -0.39 is 0 Å². The van der Waals surface area contributed by atoms with Gasteiger partial charge >= 0.3 is 0 Å². The van der Waals surface area contributed by atoms with E-state index in [2.05, 4.69) is 56.1 Å². The molecular weight excluding hydrogens is 294 g/mol. The molecule has 2 rings (SSSR count). The summed E-state index contributed by atoms with van der Waals surface area (Å²) in [5, 5.41) is 0. The first-order valence-electron chi connectivity index (χ1n) is 9.41. The van der Waals surface area contributed by atoms with Crippen LogP contribution in [0.2, 0.25) is 0 Å². The number of unbranched alkanes of at least 4 members (excludes halogenated alkanes) is 1. The van der Waals surface area contributed by atoms with Gasteiger partial charge in [0.15, 0.2) is 0 Å². The van der Waals surface area contributed by atoms with E-state index >= 15 is 0 Å². The van der Waals surface area contributed by atoms with Crippen LogP contribution in [0.3, 0.4) is 0 Å². The van der Waals surface area contributed by atoms with E-state index in [-0.39, 0.29) is 0 Å². The summed E-state index contributed by atoms with van der Waals surface area (Å²) in [5.41, 5.74) is 3.47. The highest BCUT2D eigenvalue weighted by molar-refractivity contribution is 5.67. The SMILES string of the molecule is CCCCc1ccnc(-c2ccccc2OCCCC(C)CC)c1. The van der Waals surface area contributed by atoms with E-state index in [1.807, 2.05) is 12.3 Å². The lowest BCUT2D eigenvalue weighted by atomic mass is 10.0. The molecule has 1 aromatic carbocycles. The van der Waals surface area contributed by atoms with Crippen LogP contribution in [0.4, 0.5) is 0 Å². The van der Waals surface area contributed by atoms with Crippen LogP contribution < -0.4 is 4.74 Å². The number of hydrogen-bond donors (Lipinski definition) is 0. The number of benzene rings is 1. The molecule has 0 radical (unpaired) electrons. The number of ether oxygens (including phenoxy) is 1. The summed E-state index contributed by atoms with van der Waals surface area (Å²) < 4.78 is 6.07. The summed E-state index contributed by atoms with van der Waals surface area (Å²) in [7, 11) is 0. The smallest absolute Gasteiger partial charge is 0.128 e. The van der Waals surface area contributed by atoms with Gasteiger partial charge in [-0.15, -0.1) is 0 Å². The molecule has 2 aromatic rings. The Morgan fingerprint density at radius 3 is 2.71 bits per heavy atom. The summed E-state index contributed by atoms with van der Waals surface area (Å²) in [4.78, 5) is 4.57. The topological polar surface area (TPSA) is 22.1 Å². The van der Waals surface area contributed by atoms with Gasteiger partial charge in [0, 0.05) is 11.8 Å². The van der Waals surface area contributed by atoms with E-state index in [0.717, 1.165) is 42.4 Å². The average Bonchev–Trinajstić information content (AvgIpc) is 2.64. The number of aromatic nitrogens is 1. The monoisotopic (exact) mass is 325 g/mol. The zero-order valence-corrected chi connectivity index (χ0v) is 15.4. The Labute approximate surface area is 147 Å². The van der Waals surface area contributed by atoms with Gasteiger partial charge in [-0.2, -0.15) is 0 Å². The lowest BCUT2D eigenvalue weighted by Crippen LogP contribution is -2.02. The molecule has 0 N–H and O–H groups in total. The van der Waals surface area contributed by atoms with E-state index in [9.17, 15) is 0 Å². The minimum absolute atomic E-state index is 0.775. The summed E-state index contributed by atoms with van der Waals surface area (Å²) in [6.45, 7) is 7.55. The predicted molar refractivity (Wildman–Crippen MR) is 102 cm³/mol. The molecule has 1 atom stereocenters. The summed E-state index contributed by atoms with van der Waals surface area (Å²) >= 11 is 0. The van der Waals surface area contributed by atoms with Crippen LogP contribution in [-0.2, 0) is 6.42 Å². The molecule has 0 amide bonds. The van der Waals surface area contributed by atoms with Crippen molar-refractivity contribution in [3.63, 3.8) is 0 Å². The highest BCUT2D eigenvalue weighted by Crippen LogP contribution is 2.29. The van der Waals surface area contributed by atoms with Crippen molar-refractivity contribution in [2.24, 2.45) is 5.92 Å². The van der Waals surface area contributed by atoms with Crippen molar-refractivity contribution in [3.8, 4) is 17.0 Å². The quantitative estimate of drug-likeness (QED) is 0.478. The number of para-hydroxylation sites is 1. The average molecular weight is 325 g/mol. The second-order valence-electron chi connectivity index (χ2n) is 6.65. The first kappa shape index (κ1) is 18.5. The van der Waals surface area contributed by atoms with Crippen LogP contribution in [0, 0.1) is 5.92 Å². The molecule has 2 nitrogen and oxygen atoms in total. The summed E-state index contributed by atoms with van der Waals surface area (Å²) in [5.74, 6) is 1.72. The third-order valence-corrected chi connectivity index (χ3v) is 4.60. The molecule has 0 aliphatic rings. The lowest BCUT2D eigenvalue weighted by molar-refractivity contribution is 0.295. The molecule has 0 bridgehead atoms. The molecule has 0 saturated carbocycles. The molecule has 1 heterocycles. The maximum atomic E-state index is 6.07. The minimum Gasteiger partial charge on any atom is -0.493 e. The fourth-order valence-electron chi connectivity index (χ4n) is 2.78. The summed E-state index contributed by atoms with van der Waals surface area (Å²) in [6, 6.07) is 12.6. The molecule has 1 unspecified atom stereocenters. The summed E-state index contributed by atoms with van der Waals surface area (Å²) in [6.07, 6.45) is 9.04. The van der Waals surface area contributed by atoms with Crippen molar-refractivity contribution in [2.45, 2.75) is 59.3 Å². The van der Waals surface area contributed by atoms with Gasteiger partial charge in [0.2, 0.25) is 0 Å². The Kier molecular flexibility index (Phi) is 7.81. The van der Waals surface area contributed by atoms with Gasteiger partial charge in [0.25, 0.3) is 0 Å². The van der Waals surface area contributed by atoms with Crippen LogP contribution in [-0.4, -0.2) is 11.6 Å². The first-order chi connectivity index (χ1) is 11.7. The van der Waals surface area contributed by atoms with Gasteiger partial charge in [0.1, 0.15) is 5.75 Å². The largest absolute Gasteiger partial charge is 0.493 e. The maximum absolute atomic E-state index is 6.07. The molecule has 0 saturated heterocycles. The standard InChI is InChI=1S/C22H31NO/c1-4-6-11-19-14-15-23-21(17-19)20-12-7-8-13-22(20)24-16-9-10-18(3)5-2/h7-8,12-15,17-18H,4-6,9-11,16H2,1-3H3. The minimum atomic E-state index is 0.775. The molecule has 0 spiro atoms. The third kappa shape index (κ3) is 5.67. The van der Waals surface area contributed by atoms with Crippen molar-refractivity contribution in [1.82, 2.24) is 4.98 Å². The van der Waals surface area contributed by atoms with Crippen LogP contribution in [0.1, 0.15) is 58.4 Å².